The lowest BCUT2D eigenvalue weighted by molar-refractivity contribution is 0.0810. The summed E-state index contributed by atoms with van der Waals surface area (Å²) in [5, 5.41) is 11.3. The fourth-order valence-corrected chi connectivity index (χ4v) is 4.87. The molecule has 0 spiro atoms. The quantitative estimate of drug-likeness (QED) is 0.677. The molecule has 5 rings (SSSR count). The van der Waals surface area contributed by atoms with Gasteiger partial charge >= 0.3 is 0 Å². The lowest BCUT2D eigenvalue weighted by Crippen LogP contribution is -2.21. The van der Waals surface area contributed by atoms with E-state index in [2.05, 4.69) is 17.2 Å². The van der Waals surface area contributed by atoms with Crippen LogP contribution >= 0.6 is 0 Å². The predicted octanol–water partition coefficient (Wildman–Crippen LogP) is 5.36. The van der Waals surface area contributed by atoms with Crippen LogP contribution < -0.4 is 0 Å². The fourth-order valence-electron chi connectivity index (χ4n) is 4.87. The standard InChI is InChI=1S/C23H25FN2O/c24-19-3-1-2-18(12-19)15-4-8-17(9-5-15)23(27)22-20(16-6-7-16)10-11-26-14-25-13-21(22)26/h1-3,10-17,23,27H,4-9H2/t15-,17-,23-/m0/s1. The normalized spacial score (nSPS) is 24.2. The highest BCUT2D eigenvalue weighted by molar-refractivity contribution is 5.59. The zero-order chi connectivity index (χ0) is 18.4. The number of pyridine rings is 1. The fraction of sp³-hybridized carbons (Fsp3) is 0.435. The van der Waals surface area contributed by atoms with Gasteiger partial charge in [0, 0.05) is 11.8 Å². The summed E-state index contributed by atoms with van der Waals surface area (Å²) in [5.74, 6) is 1.10. The summed E-state index contributed by atoms with van der Waals surface area (Å²) >= 11 is 0. The molecule has 0 aliphatic heterocycles. The number of rotatable bonds is 4. The number of benzene rings is 1. The third-order valence-electron chi connectivity index (χ3n) is 6.52. The van der Waals surface area contributed by atoms with E-state index >= 15 is 0 Å². The lowest BCUT2D eigenvalue weighted by Gasteiger charge is -2.33. The van der Waals surface area contributed by atoms with Gasteiger partial charge in [-0.3, -0.25) is 0 Å². The van der Waals surface area contributed by atoms with Gasteiger partial charge in [-0.2, -0.15) is 0 Å². The van der Waals surface area contributed by atoms with Gasteiger partial charge in [-0.05, 0) is 85.6 Å². The number of aromatic nitrogens is 2. The van der Waals surface area contributed by atoms with Gasteiger partial charge in [0.2, 0.25) is 0 Å². The minimum absolute atomic E-state index is 0.156. The molecule has 0 radical (unpaired) electrons. The van der Waals surface area contributed by atoms with Crippen LogP contribution in [0.15, 0.2) is 49.1 Å². The van der Waals surface area contributed by atoms with Crippen molar-refractivity contribution in [2.45, 2.75) is 56.5 Å². The minimum atomic E-state index is -0.450. The van der Waals surface area contributed by atoms with Crippen LogP contribution in [0.4, 0.5) is 4.39 Å². The molecule has 1 atom stereocenters. The second-order valence-corrected chi connectivity index (χ2v) is 8.26. The second-order valence-electron chi connectivity index (χ2n) is 8.26. The van der Waals surface area contributed by atoms with Gasteiger partial charge in [-0.15, -0.1) is 0 Å². The molecule has 4 heteroatoms. The Hall–Kier alpha value is -2.20. The van der Waals surface area contributed by atoms with Crippen LogP contribution in [0, 0.1) is 11.7 Å². The van der Waals surface area contributed by atoms with E-state index in [0.717, 1.165) is 42.3 Å². The molecule has 2 aliphatic rings. The van der Waals surface area contributed by atoms with Gasteiger partial charge in [0.15, 0.2) is 0 Å². The van der Waals surface area contributed by atoms with Crippen LogP contribution in [0.2, 0.25) is 0 Å². The zero-order valence-corrected chi connectivity index (χ0v) is 15.4. The highest BCUT2D eigenvalue weighted by atomic mass is 19.1. The Morgan fingerprint density at radius 2 is 1.81 bits per heavy atom. The molecule has 1 N–H and O–H groups in total. The molecule has 0 bridgehead atoms. The minimum Gasteiger partial charge on any atom is -0.388 e. The number of aliphatic hydroxyl groups is 1. The number of imidazole rings is 1. The van der Waals surface area contributed by atoms with E-state index < -0.39 is 6.10 Å². The molecule has 2 aliphatic carbocycles. The molecule has 2 heterocycles. The van der Waals surface area contributed by atoms with Crippen LogP contribution in [-0.4, -0.2) is 14.5 Å². The van der Waals surface area contributed by atoms with E-state index in [9.17, 15) is 9.50 Å². The van der Waals surface area contributed by atoms with Crippen molar-refractivity contribution in [3.63, 3.8) is 0 Å². The third kappa shape index (κ3) is 3.16. The molecule has 140 valence electrons. The summed E-state index contributed by atoms with van der Waals surface area (Å²) < 4.78 is 15.6. The van der Waals surface area contributed by atoms with Crippen molar-refractivity contribution >= 4 is 5.52 Å². The Balaban J connectivity index is 1.38. The molecule has 3 nitrogen and oxygen atoms in total. The molecule has 0 unspecified atom stereocenters. The molecule has 2 aromatic heterocycles. The summed E-state index contributed by atoms with van der Waals surface area (Å²) in [6.45, 7) is 0. The Labute approximate surface area is 158 Å². The first-order valence-corrected chi connectivity index (χ1v) is 10.1. The van der Waals surface area contributed by atoms with Crippen molar-refractivity contribution in [1.82, 2.24) is 9.38 Å². The Bertz CT molecular complexity index is 954. The van der Waals surface area contributed by atoms with Gasteiger partial charge in [0.25, 0.3) is 0 Å². The molecule has 3 aromatic rings. The topological polar surface area (TPSA) is 37.5 Å². The Kier molecular flexibility index (Phi) is 4.24. The third-order valence-corrected chi connectivity index (χ3v) is 6.52. The number of hydrogen-bond acceptors (Lipinski definition) is 2. The van der Waals surface area contributed by atoms with Crippen LogP contribution in [0.25, 0.3) is 5.52 Å². The maximum absolute atomic E-state index is 13.5. The first kappa shape index (κ1) is 16.9. The van der Waals surface area contributed by atoms with Gasteiger partial charge < -0.3 is 9.51 Å². The van der Waals surface area contributed by atoms with Gasteiger partial charge in [-0.1, -0.05) is 12.1 Å². The first-order valence-electron chi connectivity index (χ1n) is 10.1. The monoisotopic (exact) mass is 364 g/mol. The van der Waals surface area contributed by atoms with Gasteiger partial charge in [0.05, 0.1) is 24.1 Å². The molecule has 1 aromatic carbocycles. The summed E-state index contributed by atoms with van der Waals surface area (Å²) in [4.78, 5) is 4.29. The molecule has 2 fully saturated rings. The van der Waals surface area contributed by atoms with Crippen molar-refractivity contribution in [1.29, 1.82) is 0 Å². The SMILES string of the molecule is O[C@H](c1c(C2CC2)ccn2cncc12)[C@H]1CC[C@H](c2cccc(F)c2)CC1. The van der Waals surface area contributed by atoms with Gasteiger partial charge in [0.1, 0.15) is 5.82 Å². The van der Waals surface area contributed by atoms with E-state index in [4.69, 9.17) is 0 Å². The Morgan fingerprint density at radius 3 is 2.56 bits per heavy atom. The molecule has 0 amide bonds. The molecular formula is C23H25FN2O. The molecule has 0 saturated heterocycles. The average molecular weight is 364 g/mol. The van der Waals surface area contributed by atoms with Crippen molar-refractivity contribution < 1.29 is 9.50 Å². The van der Waals surface area contributed by atoms with E-state index in [1.165, 1.54) is 24.5 Å². The lowest BCUT2D eigenvalue weighted by atomic mass is 9.75. The highest BCUT2D eigenvalue weighted by Gasteiger charge is 2.34. The van der Waals surface area contributed by atoms with Crippen molar-refractivity contribution in [2.75, 3.05) is 0 Å². The number of fused-ring (bicyclic) bond motifs is 1. The van der Waals surface area contributed by atoms with E-state index in [1.54, 1.807) is 12.1 Å². The number of hydrogen-bond donors (Lipinski definition) is 1. The van der Waals surface area contributed by atoms with Crippen molar-refractivity contribution in [3.05, 3.63) is 71.6 Å². The van der Waals surface area contributed by atoms with Gasteiger partial charge in [-0.25, -0.2) is 9.37 Å². The molecule has 2 saturated carbocycles. The second kappa shape index (κ2) is 6.75. The van der Waals surface area contributed by atoms with Crippen LogP contribution in [0.3, 0.4) is 0 Å². The Morgan fingerprint density at radius 1 is 1.04 bits per heavy atom. The number of halogens is 1. The van der Waals surface area contributed by atoms with E-state index in [0.29, 0.717) is 11.8 Å². The van der Waals surface area contributed by atoms with Crippen LogP contribution in [0.1, 0.15) is 73.2 Å². The largest absolute Gasteiger partial charge is 0.388 e. The van der Waals surface area contributed by atoms with Crippen molar-refractivity contribution in [2.24, 2.45) is 5.92 Å². The summed E-state index contributed by atoms with van der Waals surface area (Å²) in [6, 6.07) is 9.17. The summed E-state index contributed by atoms with van der Waals surface area (Å²) in [5.41, 5.74) is 4.54. The van der Waals surface area contributed by atoms with Crippen LogP contribution in [0.5, 0.6) is 0 Å². The van der Waals surface area contributed by atoms with E-state index in [1.807, 2.05) is 23.0 Å². The average Bonchev–Trinajstić information content (AvgIpc) is 3.43. The van der Waals surface area contributed by atoms with E-state index in [-0.39, 0.29) is 11.7 Å². The van der Waals surface area contributed by atoms with Crippen molar-refractivity contribution in [3.8, 4) is 0 Å². The molecular weight excluding hydrogens is 339 g/mol. The smallest absolute Gasteiger partial charge is 0.123 e. The summed E-state index contributed by atoms with van der Waals surface area (Å²) in [7, 11) is 0. The maximum Gasteiger partial charge on any atom is 0.123 e. The number of nitrogens with zero attached hydrogens (tertiary/aromatic N) is 2. The predicted molar refractivity (Wildman–Crippen MR) is 103 cm³/mol. The number of aliphatic hydroxyl groups excluding tert-OH is 1. The maximum atomic E-state index is 13.5. The first-order chi connectivity index (χ1) is 13.2. The summed E-state index contributed by atoms with van der Waals surface area (Å²) in [6.07, 6.45) is 11.7. The zero-order valence-electron chi connectivity index (χ0n) is 15.4. The highest BCUT2D eigenvalue weighted by Crippen LogP contribution is 2.47. The molecule has 27 heavy (non-hydrogen) atoms. The van der Waals surface area contributed by atoms with Crippen LogP contribution in [-0.2, 0) is 0 Å².